The molecule has 96 valence electrons. The van der Waals surface area contributed by atoms with Gasteiger partial charge in [-0.05, 0) is 32.9 Å². The highest BCUT2D eigenvalue weighted by molar-refractivity contribution is 5.08. The van der Waals surface area contributed by atoms with Crippen LogP contribution in [0.15, 0.2) is 6.20 Å². The first kappa shape index (κ1) is 12.6. The molecule has 1 aromatic rings. The summed E-state index contributed by atoms with van der Waals surface area (Å²) in [5, 5.41) is 7.29. The van der Waals surface area contributed by atoms with Gasteiger partial charge in [-0.15, -0.1) is 0 Å². The Morgan fingerprint density at radius 3 is 2.71 bits per heavy atom. The van der Waals surface area contributed by atoms with E-state index in [1.807, 2.05) is 7.05 Å². The highest BCUT2D eigenvalue weighted by Gasteiger charge is 2.19. The monoisotopic (exact) mass is 239 g/mol. The summed E-state index contributed by atoms with van der Waals surface area (Å²) < 4.78 is 15.8. The van der Waals surface area contributed by atoms with E-state index in [1.165, 1.54) is 25.7 Å². The number of aromatic nitrogens is 2. The maximum atomic E-state index is 14.1. The van der Waals surface area contributed by atoms with Crippen LogP contribution >= 0.6 is 0 Å². The van der Waals surface area contributed by atoms with Gasteiger partial charge < -0.3 is 5.32 Å². The smallest absolute Gasteiger partial charge is 0.214 e. The second-order valence-corrected chi connectivity index (χ2v) is 4.90. The molecule has 2 rings (SSSR count). The third-order valence-electron chi connectivity index (χ3n) is 3.62. The number of nitrogens with one attached hydrogen (secondary N) is 1. The topological polar surface area (TPSA) is 29.9 Å². The summed E-state index contributed by atoms with van der Waals surface area (Å²) in [6.07, 6.45) is 9.53. The van der Waals surface area contributed by atoms with Gasteiger partial charge in [-0.2, -0.15) is 9.49 Å². The molecule has 0 aromatic carbocycles. The zero-order valence-corrected chi connectivity index (χ0v) is 10.6. The largest absolute Gasteiger partial charge is 0.319 e. The summed E-state index contributed by atoms with van der Waals surface area (Å²) in [5.41, 5.74) is 0.739. The number of likely N-dealkylation sites (N-methyl/N-ethyl adjacent to an activating group) is 1. The van der Waals surface area contributed by atoms with Crippen molar-refractivity contribution in [2.75, 3.05) is 13.6 Å². The van der Waals surface area contributed by atoms with Crippen LogP contribution < -0.4 is 5.32 Å². The van der Waals surface area contributed by atoms with Gasteiger partial charge >= 0.3 is 0 Å². The van der Waals surface area contributed by atoms with E-state index < -0.39 is 0 Å². The molecular formula is C13H22FN3. The molecule has 0 radical (unpaired) electrons. The molecule has 17 heavy (non-hydrogen) atoms. The van der Waals surface area contributed by atoms with Gasteiger partial charge in [0.25, 0.3) is 0 Å². The van der Waals surface area contributed by atoms with Crippen molar-refractivity contribution in [2.24, 2.45) is 0 Å². The summed E-state index contributed by atoms with van der Waals surface area (Å²) in [5.74, 6) is -0.118. The van der Waals surface area contributed by atoms with Crippen molar-refractivity contribution >= 4 is 0 Å². The van der Waals surface area contributed by atoms with Crippen LogP contribution in [0.4, 0.5) is 4.39 Å². The van der Waals surface area contributed by atoms with Gasteiger partial charge in [0.1, 0.15) is 0 Å². The lowest BCUT2D eigenvalue weighted by Crippen LogP contribution is -2.14. The van der Waals surface area contributed by atoms with E-state index in [0.717, 1.165) is 31.4 Å². The molecule has 3 nitrogen and oxygen atoms in total. The van der Waals surface area contributed by atoms with Gasteiger partial charge in [-0.3, -0.25) is 0 Å². The van der Waals surface area contributed by atoms with E-state index in [9.17, 15) is 4.39 Å². The molecule has 0 amide bonds. The molecule has 0 saturated heterocycles. The van der Waals surface area contributed by atoms with Crippen molar-refractivity contribution in [1.29, 1.82) is 0 Å². The third-order valence-corrected chi connectivity index (χ3v) is 3.62. The van der Waals surface area contributed by atoms with Crippen LogP contribution in [0.1, 0.15) is 50.1 Å². The normalized spacial score (nSPS) is 18.2. The van der Waals surface area contributed by atoms with E-state index in [1.54, 1.807) is 10.9 Å². The minimum absolute atomic E-state index is 0.118. The molecule has 4 heteroatoms. The SMILES string of the molecule is CNCCc1cnn(C2CCCCCC2)c1F. The van der Waals surface area contributed by atoms with E-state index >= 15 is 0 Å². The lowest BCUT2D eigenvalue weighted by molar-refractivity contribution is 0.342. The lowest BCUT2D eigenvalue weighted by Gasteiger charge is -2.15. The number of hydrogen-bond donors (Lipinski definition) is 1. The molecule has 1 aliphatic rings. The van der Waals surface area contributed by atoms with Crippen molar-refractivity contribution < 1.29 is 4.39 Å². The second kappa shape index (κ2) is 6.15. The van der Waals surface area contributed by atoms with Crippen molar-refractivity contribution in [3.63, 3.8) is 0 Å². The van der Waals surface area contributed by atoms with E-state index in [2.05, 4.69) is 10.4 Å². The summed E-state index contributed by atoms with van der Waals surface area (Å²) in [7, 11) is 1.88. The maximum absolute atomic E-state index is 14.1. The molecule has 1 fully saturated rings. The molecule has 0 spiro atoms. The highest BCUT2D eigenvalue weighted by atomic mass is 19.1. The average Bonchev–Trinajstić information content (AvgIpc) is 2.58. The lowest BCUT2D eigenvalue weighted by atomic mass is 10.1. The molecule has 0 atom stereocenters. The van der Waals surface area contributed by atoms with Crippen LogP contribution in [0.5, 0.6) is 0 Å². The Bertz CT molecular complexity index is 340. The fourth-order valence-corrected chi connectivity index (χ4v) is 2.57. The number of nitrogens with zero attached hydrogens (tertiary/aromatic N) is 2. The Morgan fingerprint density at radius 2 is 2.06 bits per heavy atom. The maximum Gasteiger partial charge on any atom is 0.214 e. The van der Waals surface area contributed by atoms with Crippen LogP contribution in [0, 0.1) is 5.95 Å². The molecule has 1 saturated carbocycles. The van der Waals surface area contributed by atoms with Crippen molar-refractivity contribution in [2.45, 2.75) is 51.0 Å². The van der Waals surface area contributed by atoms with Gasteiger partial charge in [0.05, 0.1) is 12.2 Å². The standard InChI is InChI=1S/C13H22FN3/c1-15-9-8-11-10-16-17(13(11)14)12-6-4-2-3-5-7-12/h10,12,15H,2-9H2,1H3. The molecule has 1 aliphatic carbocycles. The summed E-state index contributed by atoms with van der Waals surface area (Å²) in [6.45, 7) is 0.799. The van der Waals surface area contributed by atoms with E-state index in [4.69, 9.17) is 0 Å². The van der Waals surface area contributed by atoms with Crippen molar-refractivity contribution in [1.82, 2.24) is 15.1 Å². The van der Waals surface area contributed by atoms with Crippen molar-refractivity contribution in [3.05, 3.63) is 17.7 Å². The Hall–Kier alpha value is -0.900. The summed E-state index contributed by atoms with van der Waals surface area (Å²) >= 11 is 0. The Balaban J connectivity index is 2.06. The van der Waals surface area contributed by atoms with Crippen LogP contribution in [0.25, 0.3) is 0 Å². The van der Waals surface area contributed by atoms with Gasteiger partial charge in [0.15, 0.2) is 0 Å². The van der Waals surface area contributed by atoms with Gasteiger partial charge in [0, 0.05) is 5.56 Å². The first-order valence-electron chi connectivity index (χ1n) is 6.69. The Kier molecular flexibility index (Phi) is 4.54. The fraction of sp³-hybridized carbons (Fsp3) is 0.769. The van der Waals surface area contributed by atoms with Gasteiger partial charge in [0.2, 0.25) is 5.95 Å². The Labute approximate surface area is 102 Å². The predicted molar refractivity (Wildman–Crippen MR) is 66.6 cm³/mol. The molecule has 1 N–H and O–H groups in total. The zero-order chi connectivity index (χ0) is 12.1. The first-order chi connectivity index (χ1) is 8.33. The van der Waals surface area contributed by atoms with Gasteiger partial charge in [-0.25, -0.2) is 4.68 Å². The highest BCUT2D eigenvalue weighted by Crippen LogP contribution is 2.28. The third kappa shape index (κ3) is 3.06. The quantitative estimate of drug-likeness (QED) is 0.819. The second-order valence-electron chi connectivity index (χ2n) is 4.90. The van der Waals surface area contributed by atoms with Crippen LogP contribution in [0.2, 0.25) is 0 Å². The van der Waals surface area contributed by atoms with E-state index in [-0.39, 0.29) is 12.0 Å². The summed E-state index contributed by atoms with van der Waals surface area (Å²) in [6, 6.07) is 0.279. The zero-order valence-electron chi connectivity index (χ0n) is 10.6. The fourth-order valence-electron chi connectivity index (χ4n) is 2.57. The summed E-state index contributed by atoms with van der Waals surface area (Å²) in [4.78, 5) is 0. The molecular weight excluding hydrogens is 217 g/mol. The van der Waals surface area contributed by atoms with Gasteiger partial charge in [-0.1, -0.05) is 25.7 Å². The number of hydrogen-bond acceptors (Lipinski definition) is 2. The van der Waals surface area contributed by atoms with E-state index in [0.29, 0.717) is 0 Å². The van der Waals surface area contributed by atoms with Crippen LogP contribution in [0.3, 0.4) is 0 Å². The Morgan fingerprint density at radius 1 is 1.35 bits per heavy atom. The number of rotatable bonds is 4. The molecule has 0 unspecified atom stereocenters. The number of halogens is 1. The minimum Gasteiger partial charge on any atom is -0.319 e. The molecule has 1 heterocycles. The predicted octanol–water partition coefficient (Wildman–Crippen LogP) is 2.68. The van der Waals surface area contributed by atoms with Crippen LogP contribution in [-0.4, -0.2) is 23.4 Å². The molecule has 1 aromatic heterocycles. The minimum atomic E-state index is -0.118. The van der Waals surface area contributed by atoms with Crippen molar-refractivity contribution in [3.8, 4) is 0 Å². The first-order valence-corrected chi connectivity index (χ1v) is 6.69. The molecule has 0 bridgehead atoms. The molecule has 0 aliphatic heterocycles. The van der Waals surface area contributed by atoms with Crippen LogP contribution in [-0.2, 0) is 6.42 Å². The average molecular weight is 239 g/mol.